The van der Waals surface area contributed by atoms with E-state index in [1.54, 1.807) is 24.3 Å². The third kappa shape index (κ3) is 7.14. The van der Waals surface area contributed by atoms with Gasteiger partial charge in [-0.15, -0.1) is 0 Å². The van der Waals surface area contributed by atoms with Gasteiger partial charge in [-0.05, 0) is 83.9 Å². The van der Waals surface area contributed by atoms with Crippen molar-refractivity contribution in [3.8, 4) is 67.5 Å². The largest absolute Gasteiger partial charge is 0.744 e. The molecule has 0 amide bonds. The van der Waals surface area contributed by atoms with E-state index >= 15 is 0 Å². The van der Waals surface area contributed by atoms with Crippen molar-refractivity contribution in [3.63, 3.8) is 0 Å². The van der Waals surface area contributed by atoms with Gasteiger partial charge >= 0.3 is 23.0 Å². The maximum atomic E-state index is 11.5. The number of hydrogen-bond acceptors (Lipinski definition) is 6. The zero-order valence-electron chi connectivity index (χ0n) is 26.1. The molecule has 50 heavy (non-hydrogen) atoms. The van der Waals surface area contributed by atoms with E-state index in [-0.39, 0.29) is 9.79 Å². The van der Waals surface area contributed by atoms with E-state index in [0.717, 1.165) is 33.4 Å². The molecule has 0 fully saturated rings. The molecule has 8 nitrogen and oxygen atoms in total. The second kappa shape index (κ2) is 13.3. The fourth-order valence-corrected chi connectivity index (χ4v) is 6.48. The Labute approximate surface area is 289 Å². The fraction of sp³-hybridized carbons (Fsp3) is 0. The zero-order chi connectivity index (χ0) is 34.9. The van der Waals surface area contributed by atoms with E-state index in [1.165, 1.54) is 24.3 Å². The summed E-state index contributed by atoms with van der Waals surface area (Å²) >= 11 is 0. The van der Waals surface area contributed by atoms with Gasteiger partial charge in [0.1, 0.15) is 20.2 Å². The van der Waals surface area contributed by atoms with E-state index in [9.17, 15) is 25.9 Å². The van der Waals surface area contributed by atoms with Gasteiger partial charge in [-0.1, -0.05) is 60.7 Å². The number of rotatable bonds is 8. The van der Waals surface area contributed by atoms with Crippen LogP contribution in [0.2, 0.25) is 0 Å². The molecule has 7 aromatic rings. The lowest BCUT2D eigenvalue weighted by Crippen LogP contribution is -1.97. The van der Waals surface area contributed by atoms with Crippen LogP contribution >= 0.6 is 0 Å². The molecular formula is C40H26O8S2. The molecule has 7 rings (SSSR count). The predicted octanol–water partition coefficient (Wildman–Crippen LogP) is 9.25. The molecule has 0 saturated carbocycles. The van der Waals surface area contributed by atoms with Crippen LogP contribution in [0.1, 0.15) is 0 Å². The third-order valence-electron chi connectivity index (χ3n) is 8.11. The molecule has 0 N–H and O–H groups in total. The standard InChI is InChI=1S/C40H26O8S2/c41-49(42,43)35-19-15-31(16-20-35)39-25-33(23-37(47-39)29-7-3-1-4-8-29)27-11-13-28(14-12-27)34-24-38(30-9-5-2-6-10-30)48-40(26-34)32-17-21-36(22-18-32)50(44,45)46/h1-26H. The third-order valence-corrected chi connectivity index (χ3v) is 9.81. The minimum atomic E-state index is -4.60. The predicted molar refractivity (Wildman–Crippen MR) is 188 cm³/mol. The van der Waals surface area contributed by atoms with Crippen LogP contribution in [0, 0.1) is 0 Å². The van der Waals surface area contributed by atoms with Crippen molar-refractivity contribution in [3.05, 3.63) is 158 Å². The molecule has 2 heterocycles. The lowest BCUT2D eigenvalue weighted by Gasteiger charge is -2.07. The van der Waals surface area contributed by atoms with Crippen molar-refractivity contribution in [1.29, 1.82) is 0 Å². The monoisotopic (exact) mass is 698 g/mol. The first kappa shape index (κ1) is 32.8. The van der Waals surface area contributed by atoms with Crippen LogP contribution in [0.4, 0.5) is 0 Å². The molecule has 0 saturated heterocycles. The molecular weight excluding hydrogens is 673 g/mol. The molecule has 246 valence electrons. The van der Waals surface area contributed by atoms with E-state index in [4.69, 9.17) is 8.83 Å². The summed E-state index contributed by atoms with van der Waals surface area (Å²) in [6.07, 6.45) is 0. The van der Waals surface area contributed by atoms with Gasteiger partial charge in [0.15, 0.2) is 0 Å². The Morgan fingerprint density at radius 2 is 0.580 bits per heavy atom. The highest BCUT2D eigenvalue weighted by molar-refractivity contribution is 7.86. The normalized spacial score (nSPS) is 11.7. The topological polar surface area (TPSA) is 137 Å². The average Bonchev–Trinajstić information content (AvgIpc) is 3.14. The second-order valence-corrected chi connectivity index (χ2v) is 14.2. The van der Waals surface area contributed by atoms with Crippen LogP contribution in [0.3, 0.4) is 0 Å². The van der Waals surface area contributed by atoms with Crippen LogP contribution in [-0.2, 0) is 20.2 Å². The molecule has 10 heteroatoms. The summed E-state index contributed by atoms with van der Waals surface area (Å²) in [6.45, 7) is 0. The first-order chi connectivity index (χ1) is 24.0. The second-order valence-electron chi connectivity index (χ2n) is 11.4. The summed E-state index contributed by atoms with van der Waals surface area (Å²) in [7, 11) is -9.19. The first-order valence-electron chi connectivity index (χ1n) is 15.3. The van der Waals surface area contributed by atoms with Crippen molar-refractivity contribution in [2.24, 2.45) is 0 Å². The van der Waals surface area contributed by atoms with Crippen molar-refractivity contribution < 1.29 is 34.8 Å². The van der Waals surface area contributed by atoms with E-state index in [2.05, 4.69) is 0 Å². The van der Waals surface area contributed by atoms with Gasteiger partial charge in [0.2, 0.25) is 0 Å². The van der Waals surface area contributed by atoms with Crippen LogP contribution in [0.5, 0.6) is 0 Å². The highest BCUT2D eigenvalue weighted by atomic mass is 32.2. The molecule has 0 unspecified atom stereocenters. The van der Waals surface area contributed by atoms with Gasteiger partial charge in [0.05, 0.1) is 56.3 Å². The van der Waals surface area contributed by atoms with Crippen molar-refractivity contribution >= 4 is 20.2 Å². The van der Waals surface area contributed by atoms with Gasteiger partial charge in [-0.3, -0.25) is 0 Å². The van der Waals surface area contributed by atoms with Crippen LogP contribution < -0.4 is 0 Å². The molecule has 2 aromatic heterocycles. The molecule has 0 aliphatic carbocycles. The van der Waals surface area contributed by atoms with Crippen molar-refractivity contribution in [2.45, 2.75) is 9.79 Å². The Bertz CT molecular complexity index is 2350. The Morgan fingerprint density at radius 1 is 0.320 bits per heavy atom. The Balaban J connectivity index is 1.30. The first-order valence-corrected chi connectivity index (χ1v) is 18.1. The van der Waals surface area contributed by atoms with E-state index < -0.39 is 20.2 Å². The maximum absolute atomic E-state index is 11.5. The van der Waals surface area contributed by atoms with Crippen molar-refractivity contribution in [1.82, 2.24) is 0 Å². The quantitative estimate of drug-likeness (QED) is 0.113. The minimum absolute atomic E-state index is 0.323. The van der Waals surface area contributed by atoms with E-state index in [0.29, 0.717) is 34.2 Å². The average molecular weight is 699 g/mol. The summed E-state index contributed by atoms with van der Waals surface area (Å²) < 4.78 is 81.6. The van der Waals surface area contributed by atoms with Crippen LogP contribution in [0.15, 0.2) is 176 Å². The summed E-state index contributed by atoms with van der Waals surface area (Å²) in [4.78, 5) is -0.646. The SMILES string of the molecule is O=S(=O)([O-])c1ccc(-c2cc(-c3ccc(-c4cc(-c5ccccc5)[o+]c(-c5ccc(S(=O)(=O)[O-])cc5)c4)cc3)cc(-c3ccccc3)[o+]2)cc1. The summed E-state index contributed by atoms with van der Waals surface area (Å²) in [5.74, 6) is 2.16. The highest BCUT2D eigenvalue weighted by Crippen LogP contribution is 2.36. The highest BCUT2D eigenvalue weighted by Gasteiger charge is 2.23. The Kier molecular flexibility index (Phi) is 8.69. The Hall–Kier alpha value is -5.78. The minimum Gasteiger partial charge on any atom is -0.744 e. The molecule has 0 aliphatic heterocycles. The Morgan fingerprint density at radius 3 is 0.860 bits per heavy atom. The fourth-order valence-electron chi connectivity index (χ4n) is 5.54. The summed E-state index contributed by atoms with van der Waals surface area (Å²) in [5, 5.41) is 0. The lowest BCUT2D eigenvalue weighted by atomic mass is 9.97. The molecule has 0 bridgehead atoms. The van der Waals surface area contributed by atoms with Gasteiger partial charge < -0.3 is 9.11 Å². The van der Waals surface area contributed by atoms with Crippen LogP contribution in [0.25, 0.3) is 67.5 Å². The smallest absolute Gasteiger partial charge is 0.361 e. The summed E-state index contributed by atoms with van der Waals surface area (Å²) in [6, 6.07) is 45.9. The van der Waals surface area contributed by atoms with Crippen molar-refractivity contribution in [2.75, 3.05) is 0 Å². The van der Waals surface area contributed by atoms with Gasteiger partial charge in [0, 0.05) is 11.1 Å². The number of benzene rings is 5. The summed E-state index contributed by atoms with van der Waals surface area (Å²) in [5.41, 5.74) is 6.37. The molecule has 0 radical (unpaired) electrons. The van der Waals surface area contributed by atoms with Gasteiger partial charge in [-0.2, -0.15) is 0 Å². The molecule has 0 atom stereocenters. The van der Waals surface area contributed by atoms with Gasteiger partial charge in [0.25, 0.3) is 0 Å². The zero-order valence-corrected chi connectivity index (χ0v) is 27.7. The maximum Gasteiger partial charge on any atom is 0.361 e. The van der Waals surface area contributed by atoms with Gasteiger partial charge in [-0.25, -0.2) is 25.7 Å². The van der Waals surface area contributed by atoms with Crippen LogP contribution in [-0.4, -0.2) is 25.9 Å². The lowest BCUT2D eigenvalue weighted by molar-refractivity contribution is 0.461. The molecule has 0 spiro atoms. The number of hydrogen-bond donors (Lipinski definition) is 0. The molecule has 0 aliphatic rings. The van der Waals surface area contributed by atoms with E-state index in [1.807, 2.05) is 109 Å². The molecule has 5 aromatic carbocycles.